The van der Waals surface area contributed by atoms with Crippen molar-refractivity contribution in [2.45, 2.75) is 45.6 Å². The van der Waals surface area contributed by atoms with Crippen molar-refractivity contribution in [2.24, 2.45) is 0 Å². The van der Waals surface area contributed by atoms with Gasteiger partial charge in [0.25, 0.3) is 0 Å². The third-order valence-electron chi connectivity index (χ3n) is 2.87. The third kappa shape index (κ3) is 6.41. The van der Waals surface area contributed by atoms with Crippen LogP contribution < -0.4 is 14.2 Å². The second-order valence-electron chi connectivity index (χ2n) is 4.62. The molecular formula is C15H20F4O3. The van der Waals surface area contributed by atoms with Crippen LogP contribution in [0.1, 0.15) is 26.7 Å². The highest BCUT2D eigenvalue weighted by molar-refractivity contribution is 5.45. The van der Waals surface area contributed by atoms with E-state index in [-0.39, 0.29) is 43.3 Å². The van der Waals surface area contributed by atoms with Crippen LogP contribution in [0, 0.1) is 0 Å². The highest BCUT2D eigenvalue weighted by atomic mass is 19.3. The number of hydrogen-bond acceptors (Lipinski definition) is 3. The lowest BCUT2D eigenvalue weighted by Gasteiger charge is -2.15. The highest BCUT2D eigenvalue weighted by Crippen LogP contribution is 2.33. The van der Waals surface area contributed by atoms with Gasteiger partial charge < -0.3 is 14.2 Å². The van der Waals surface area contributed by atoms with Gasteiger partial charge in [0.05, 0.1) is 0 Å². The maximum absolute atomic E-state index is 13.2. The molecule has 1 rings (SSSR count). The van der Waals surface area contributed by atoms with Crippen molar-refractivity contribution in [2.75, 3.05) is 13.2 Å². The Kier molecular flexibility index (Phi) is 7.84. The molecule has 0 aliphatic heterocycles. The summed E-state index contributed by atoms with van der Waals surface area (Å²) < 4.78 is 65.7. The molecule has 0 saturated heterocycles. The van der Waals surface area contributed by atoms with Gasteiger partial charge in [0.1, 0.15) is 31.3 Å². The molecule has 1 aromatic rings. The SMILES string of the molecule is CCC(F)COc1ccc(OCC(F)CC)c(OC(F)F)c1. The maximum Gasteiger partial charge on any atom is 0.387 e. The first-order valence-corrected chi connectivity index (χ1v) is 7.08. The molecule has 0 radical (unpaired) electrons. The molecule has 22 heavy (non-hydrogen) atoms. The van der Waals surface area contributed by atoms with Gasteiger partial charge in [-0.15, -0.1) is 0 Å². The molecule has 0 aliphatic rings. The fourth-order valence-corrected chi connectivity index (χ4v) is 1.49. The smallest absolute Gasteiger partial charge is 0.387 e. The first-order chi connectivity index (χ1) is 10.5. The Labute approximate surface area is 127 Å². The van der Waals surface area contributed by atoms with Crippen LogP contribution in [0.15, 0.2) is 18.2 Å². The highest BCUT2D eigenvalue weighted by Gasteiger charge is 2.15. The van der Waals surface area contributed by atoms with Gasteiger partial charge in [0.2, 0.25) is 0 Å². The summed E-state index contributed by atoms with van der Waals surface area (Å²) >= 11 is 0. The second kappa shape index (κ2) is 9.38. The Morgan fingerprint density at radius 2 is 1.45 bits per heavy atom. The molecular weight excluding hydrogens is 304 g/mol. The normalized spacial score (nSPS) is 13.8. The summed E-state index contributed by atoms with van der Waals surface area (Å²) in [5, 5.41) is 0. The van der Waals surface area contributed by atoms with Gasteiger partial charge in [0.15, 0.2) is 11.5 Å². The average Bonchev–Trinajstić information content (AvgIpc) is 2.50. The van der Waals surface area contributed by atoms with Crippen molar-refractivity contribution in [3.63, 3.8) is 0 Å². The fourth-order valence-electron chi connectivity index (χ4n) is 1.49. The molecule has 0 fully saturated rings. The van der Waals surface area contributed by atoms with E-state index < -0.39 is 19.0 Å². The molecule has 0 aliphatic carbocycles. The molecule has 7 heteroatoms. The Balaban J connectivity index is 2.78. The van der Waals surface area contributed by atoms with Crippen molar-refractivity contribution in [3.05, 3.63) is 18.2 Å². The van der Waals surface area contributed by atoms with Crippen molar-refractivity contribution in [1.29, 1.82) is 0 Å². The lowest BCUT2D eigenvalue weighted by Crippen LogP contribution is -2.13. The Hall–Kier alpha value is -1.66. The average molecular weight is 324 g/mol. The predicted octanol–water partition coefficient (Wildman–Crippen LogP) is 4.54. The molecule has 0 aromatic heterocycles. The number of halogens is 4. The lowest BCUT2D eigenvalue weighted by atomic mass is 10.3. The summed E-state index contributed by atoms with van der Waals surface area (Å²) in [6.07, 6.45) is -1.81. The zero-order valence-corrected chi connectivity index (χ0v) is 12.5. The number of hydrogen-bond donors (Lipinski definition) is 0. The third-order valence-corrected chi connectivity index (χ3v) is 2.87. The van der Waals surface area contributed by atoms with Gasteiger partial charge in [-0.25, -0.2) is 8.78 Å². The molecule has 0 bridgehead atoms. The van der Waals surface area contributed by atoms with Crippen LogP contribution in [-0.4, -0.2) is 32.2 Å². The molecule has 0 saturated carbocycles. The Morgan fingerprint density at radius 3 is 2.00 bits per heavy atom. The fraction of sp³-hybridized carbons (Fsp3) is 0.600. The number of rotatable bonds is 10. The van der Waals surface area contributed by atoms with Crippen LogP contribution >= 0.6 is 0 Å². The van der Waals surface area contributed by atoms with E-state index in [0.717, 1.165) is 0 Å². The van der Waals surface area contributed by atoms with Gasteiger partial charge in [0, 0.05) is 6.07 Å². The van der Waals surface area contributed by atoms with E-state index in [1.165, 1.54) is 18.2 Å². The van der Waals surface area contributed by atoms with Crippen molar-refractivity contribution >= 4 is 0 Å². The molecule has 126 valence electrons. The van der Waals surface area contributed by atoms with Crippen LogP contribution in [0.3, 0.4) is 0 Å². The Bertz CT molecular complexity index is 443. The first kappa shape index (κ1) is 18.4. The molecule has 2 unspecified atom stereocenters. The molecule has 1 aromatic carbocycles. The van der Waals surface area contributed by atoms with Gasteiger partial charge in [-0.05, 0) is 25.0 Å². The van der Waals surface area contributed by atoms with Crippen LogP contribution in [0.25, 0.3) is 0 Å². The largest absolute Gasteiger partial charge is 0.490 e. The van der Waals surface area contributed by atoms with Crippen LogP contribution in [0.4, 0.5) is 17.6 Å². The van der Waals surface area contributed by atoms with Crippen molar-refractivity contribution < 1.29 is 31.8 Å². The van der Waals surface area contributed by atoms with E-state index in [4.69, 9.17) is 9.47 Å². The van der Waals surface area contributed by atoms with E-state index in [1.54, 1.807) is 13.8 Å². The summed E-state index contributed by atoms with van der Waals surface area (Å²) in [6, 6.07) is 3.92. The van der Waals surface area contributed by atoms with E-state index in [9.17, 15) is 17.6 Å². The zero-order chi connectivity index (χ0) is 16.5. The first-order valence-electron chi connectivity index (χ1n) is 7.08. The zero-order valence-electron chi connectivity index (χ0n) is 12.5. The minimum absolute atomic E-state index is 0.0176. The summed E-state index contributed by atoms with van der Waals surface area (Å²) in [4.78, 5) is 0. The summed E-state index contributed by atoms with van der Waals surface area (Å²) in [5.41, 5.74) is 0. The molecule has 3 nitrogen and oxygen atoms in total. The summed E-state index contributed by atoms with van der Waals surface area (Å²) in [6.45, 7) is -0.208. The van der Waals surface area contributed by atoms with Gasteiger partial charge in [-0.1, -0.05) is 13.8 Å². The number of benzene rings is 1. The molecule has 0 heterocycles. The summed E-state index contributed by atoms with van der Waals surface area (Å²) in [5.74, 6) is -0.120. The molecule has 2 atom stereocenters. The van der Waals surface area contributed by atoms with E-state index >= 15 is 0 Å². The maximum atomic E-state index is 13.2. The quantitative estimate of drug-likeness (QED) is 0.591. The molecule has 0 N–H and O–H groups in total. The summed E-state index contributed by atoms with van der Waals surface area (Å²) in [7, 11) is 0. The van der Waals surface area contributed by atoms with Gasteiger partial charge in [-0.2, -0.15) is 8.78 Å². The van der Waals surface area contributed by atoms with Gasteiger partial charge in [-0.3, -0.25) is 0 Å². The predicted molar refractivity (Wildman–Crippen MR) is 74.4 cm³/mol. The van der Waals surface area contributed by atoms with Gasteiger partial charge >= 0.3 is 6.61 Å². The topological polar surface area (TPSA) is 27.7 Å². The van der Waals surface area contributed by atoms with Crippen LogP contribution in [-0.2, 0) is 0 Å². The molecule has 0 spiro atoms. The van der Waals surface area contributed by atoms with Crippen molar-refractivity contribution in [1.82, 2.24) is 0 Å². The Morgan fingerprint density at radius 1 is 0.864 bits per heavy atom. The monoisotopic (exact) mass is 324 g/mol. The van der Waals surface area contributed by atoms with Crippen molar-refractivity contribution in [3.8, 4) is 17.2 Å². The number of ether oxygens (including phenoxy) is 3. The van der Waals surface area contributed by atoms with E-state index in [0.29, 0.717) is 0 Å². The minimum Gasteiger partial charge on any atom is -0.490 e. The van der Waals surface area contributed by atoms with E-state index in [1.807, 2.05) is 0 Å². The van der Waals surface area contributed by atoms with Crippen LogP contribution in [0.2, 0.25) is 0 Å². The number of alkyl halides is 4. The lowest BCUT2D eigenvalue weighted by molar-refractivity contribution is -0.0518. The second-order valence-corrected chi connectivity index (χ2v) is 4.62. The standard InChI is InChI=1S/C15H20F4O3/c1-3-10(16)8-20-12-5-6-13(21-9-11(17)4-2)14(7-12)22-15(18)19/h5-7,10-11,15H,3-4,8-9H2,1-2H3. The minimum atomic E-state index is -3.06. The van der Waals surface area contributed by atoms with Crippen LogP contribution in [0.5, 0.6) is 17.2 Å². The molecule has 0 amide bonds. The van der Waals surface area contributed by atoms with E-state index in [2.05, 4.69) is 4.74 Å².